The van der Waals surface area contributed by atoms with Gasteiger partial charge in [0.2, 0.25) is 5.91 Å². The lowest BCUT2D eigenvalue weighted by Gasteiger charge is -2.34. The van der Waals surface area contributed by atoms with Gasteiger partial charge >= 0.3 is 0 Å². The number of ether oxygens (including phenoxy) is 1. The van der Waals surface area contributed by atoms with Crippen LogP contribution < -0.4 is 25.7 Å². The summed E-state index contributed by atoms with van der Waals surface area (Å²) in [5.74, 6) is 1.17. The van der Waals surface area contributed by atoms with Crippen LogP contribution in [0.25, 0.3) is 0 Å². The summed E-state index contributed by atoms with van der Waals surface area (Å²) < 4.78 is 5.62. The van der Waals surface area contributed by atoms with E-state index in [9.17, 15) is 9.59 Å². The summed E-state index contributed by atoms with van der Waals surface area (Å²) in [5.41, 5.74) is 3.87. The molecule has 0 unspecified atom stereocenters. The van der Waals surface area contributed by atoms with Gasteiger partial charge in [-0.25, -0.2) is 5.43 Å². The molecule has 1 fully saturated rings. The SMILES string of the molecule is O=C1CN2C(=NN1)COc1ccc(NC(=O)C3CNC3)cc12. The molecule has 8 heteroatoms. The van der Waals surface area contributed by atoms with Gasteiger partial charge in [-0.1, -0.05) is 0 Å². The molecule has 3 heterocycles. The molecule has 3 aliphatic heterocycles. The summed E-state index contributed by atoms with van der Waals surface area (Å²) in [6.07, 6.45) is 0. The molecule has 4 rings (SSSR count). The Kier molecular flexibility index (Phi) is 2.97. The van der Waals surface area contributed by atoms with Gasteiger partial charge in [0, 0.05) is 18.8 Å². The second-order valence-corrected chi connectivity index (χ2v) is 5.46. The molecular weight excluding hydrogens is 286 g/mol. The molecule has 0 radical (unpaired) electrons. The molecule has 0 aromatic heterocycles. The van der Waals surface area contributed by atoms with Gasteiger partial charge in [0.25, 0.3) is 5.91 Å². The van der Waals surface area contributed by atoms with E-state index < -0.39 is 0 Å². The Balaban J connectivity index is 1.61. The van der Waals surface area contributed by atoms with Crippen LogP contribution >= 0.6 is 0 Å². The average molecular weight is 301 g/mol. The standard InChI is InChI=1S/C14H15N5O3/c20-13-6-19-10-3-9(16-14(21)8-4-15-5-8)1-2-11(10)22-7-12(19)17-18-13/h1-3,8,15H,4-7H2,(H,16,21)(H,18,20). The van der Waals surface area contributed by atoms with Gasteiger partial charge in [-0.15, -0.1) is 0 Å². The lowest BCUT2D eigenvalue weighted by Crippen LogP contribution is -2.50. The van der Waals surface area contributed by atoms with E-state index in [1.165, 1.54) is 0 Å². The minimum Gasteiger partial charge on any atom is -0.483 e. The lowest BCUT2D eigenvalue weighted by molar-refractivity contribution is -0.121. The molecule has 0 bridgehead atoms. The van der Waals surface area contributed by atoms with E-state index in [1.54, 1.807) is 17.0 Å². The Morgan fingerprint density at radius 2 is 2.27 bits per heavy atom. The van der Waals surface area contributed by atoms with Gasteiger partial charge in [-0.2, -0.15) is 5.10 Å². The highest BCUT2D eigenvalue weighted by molar-refractivity contribution is 6.08. The van der Waals surface area contributed by atoms with Crippen molar-refractivity contribution in [3.8, 4) is 5.75 Å². The fourth-order valence-electron chi connectivity index (χ4n) is 2.58. The van der Waals surface area contributed by atoms with Gasteiger partial charge in [0.1, 0.15) is 18.9 Å². The maximum atomic E-state index is 12.0. The fraction of sp³-hybridized carbons (Fsp3) is 0.357. The largest absolute Gasteiger partial charge is 0.483 e. The van der Waals surface area contributed by atoms with Crippen molar-refractivity contribution in [3.05, 3.63) is 18.2 Å². The van der Waals surface area contributed by atoms with Crippen molar-refractivity contribution in [2.75, 3.05) is 36.5 Å². The molecule has 0 atom stereocenters. The molecule has 3 N–H and O–H groups in total. The number of amides is 2. The number of carbonyl (C=O) groups excluding carboxylic acids is 2. The first-order valence-electron chi connectivity index (χ1n) is 7.12. The van der Waals surface area contributed by atoms with Gasteiger partial charge in [0.15, 0.2) is 5.84 Å². The van der Waals surface area contributed by atoms with Crippen molar-refractivity contribution >= 4 is 29.0 Å². The number of benzene rings is 1. The number of carbonyl (C=O) groups is 2. The fourth-order valence-corrected chi connectivity index (χ4v) is 2.58. The zero-order chi connectivity index (χ0) is 15.1. The molecule has 22 heavy (non-hydrogen) atoms. The van der Waals surface area contributed by atoms with E-state index in [2.05, 4.69) is 21.2 Å². The number of rotatable bonds is 2. The van der Waals surface area contributed by atoms with E-state index in [1.807, 2.05) is 6.07 Å². The molecule has 1 saturated heterocycles. The van der Waals surface area contributed by atoms with Gasteiger partial charge in [0.05, 0.1) is 11.6 Å². The van der Waals surface area contributed by atoms with Gasteiger partial charge < -0.3 is 20.3 Å². The third kappa shape index (κ3) is 2.17. The topological polar surface area (TPSA) is 95.1 Å². The van der Waals surface area contributed by atoms with Crippen molar-refractivity contribution in [3.63, 3.8) is 0 Å². The van der Waals surface area contributed by atoms with E-state index in [-0.39, 0.29) is 24.3 Å². The van der Waals surface area contributed by atoms with Crippen LogP contribution in [0, 0.1) is 5.92 Å². The molecule has 0 spiro atoms. The summed E-state index contributed by atoms with van der Waals surface area (Å²) in [6, 6.07) is 5.41. The Hall–Kier alpha value is -2.61. The van der Waals surface area contributed by atoms with Gasteiger partial charge in [-0.05, 0) is 18.2 Å². The van der Waals surface area contributed by atoms with E-state index in [0.717, 1.165) is 5.69 Å². The van der Waals surface area contributed by atoms with Crippen LogP contribution in [0.15, 0.2) is 23.3 Å². The van der Waals surface area contributed by atoms with Crippen LogP contribution in [0.4, 0.5) is 11.4 Å². The maximum absolute atomic E-state index is 12.0. The summed E-state index contributed by atoms with van der Waals surface area (Å²) >= 11 is 0. The Labute approximate surface area is 126 Å². The zero-order valence-electron chi connectivity index (χ0n) is 11.8. The number of anilines is 2. The third-order valence-corrected chi connectivity index (χ3v) is 3.95. The zero-order valence-corrected chi connectivity index (χ0v) is 11.8. The van der Waals surface area contributed by atoms with Crippen molar-refractivity contribution < 1.29 is 14.3 Å². The van der Waals surface area contributed by atoms with E-state index in [4.69, 9.17) is 4.74 Å². The van der Waals surface area contributed by atoms with Crippen molar-refractivity contribution in [1.82, 2.24) is 10.7 Å². The van der Waals surface area contributed by atoms with Crippen LogP contribution in [0.2, 0.25) is 0 Å². The number of hydrazone groups is 1. The van der Waals surface area contributed by atoms with Crippen LogP contribution in [-0.4, -0.2) is 43.9 Å². The van der Waals surface area contributed by atoms with Crippen molar-refractivity contribution in [2.45, 2.75) is 0 Å². The second kappa shape index (κ2) is 4.99. The predicted molar refractivity (Wildman–Crippen MR) is 79.9 cm³/mol. The van der Waals surface area contributed by atoms with E-state index >= 15 is 0 Å². The first-order chi connectivity index (χ1) is 10.7. The Morgan fingerprint density at radius 3 is 3.05 bits per heavy atom. The smallest absolute Gasteiger partial charge is 0.260 e. The number of nitrogens with zero attached hydrogens (tertiary/aromatic N) is 2. The quantitative estimate of drug-likeness (QED) is 0.684. The molecule has 0 saturated carbocycles. The Bertz CT molecular complexity index is 683. The average Bonchev–Trinajstić information content (AvgIpc) is 2.45. The van der Waals surface area contributed by atoms with E-state index in [0.29, 0.717) is 37.0 Å². The number of fused-ring (bicyclic) bond motifs is 3. The Morgan fingerprint density at radius 1 is 1.41 bits per heavy atom. The number of hydrogen-bond donors (Lipinski definition) is 3. The first-order valence-corrected chi connectivity index (χ1v) is 7.12. The number of nitrogens with one attached hydrogen (secondary N) is 3. The molecule has 1 aromatic rings. The minimum atomic E-state index is -0.174. The van der Waals surface area contributed by atoms with Crippen molar-refractivity contribution in [2.24, 2.45) is 11.0 Å². The van der Waals surface area contributed by atoms with Crippen LogP contribution in [0.1, 0.15) is 0 Å². The second-order valence-electron chi connectivity index (χ2n) is 5.46. The highest BCUT2D eigenvalue weighted by Crippen LogP contribution is 2.35. The summed E-state index contributed by atoms with van der Waals surface area (Å²) in [7, 11) is 0. The molecule has 114 valence electrons. The number of amidine groups is 1. The third-order valence-electron chi connectivity index (χ3n) is 3.95. The minimum absolute atomic E-state index is 0.000653. The van der Waals surface area contributed by atoms with Crippen LogP contribution in [-0.2, 0) is 9.59 Å². The molecular formula is C14H15N5O3. The summed E-state index contributed by atoms with van der Waals surface area (Å²) in [4.78, 5) is 25.4. The first kappa shape index (κ1) is 13.1. The normalized spacial score (nSPS) is 19.9. The summed E-state index contributed by atoms with van der Waals surface area (Å²) in [5, 5.41) is 9.96. The van der Waals surface area contributed by atoms with Crippen LogP contribution in [0.5, 0.6) is 5.75 Å². The molecule has 0 aliphatic carbocycles. The summed E-state index contributed by atoms with van der Waals surface area (Å²) in [6.45, 7) is 1.93. The molecule has 1 aromatic carbocycles. The maximum Gasteiger partial charge on any atom is 0.260 e. The monoisotopic (exact) mass is 301 g/mol. The molecule has 2 amide bonds. The molecule has 3 aliphatic rings. The predicted octanol–water partition coefficient (Wildman–Crippen LogP) is -0.513. The number of hydrogen-bond acceptors (Lipinski definition) is 6. The van der Waals surface area contributed by atoms with Crippen LogP contribution in [0.3, 0.4) is 0 Å². The lowest BCUT2D eigenvalue weighted by atomic mass is 10.0. The highest BCUT2D eigenvalue weighted by atomic mass is 16.5. The highest BCUT2D eigenvalue weighted by Gasteiger charge is 2.30. The van der Waals surface area contributed by atoms with Gasteiger partial charge in [-0.3, -0.25) is 9.59 Å². The molecule has 8 nitrogen and oxygen atoms in total. The van der Waals surface area contributed by atoms with Crippen molar-refractivity contribution in [1.29, 1.82) is 0 Å².